The van der Waals surface area contributed by atoms with Gasteiger partial charge in [0.15, 0.2) is 0 Å². The summed E-state index contributed by atoms with van der Waals surface area (Å²) < 4.78 is 17.4. The van der Waals surface area contributed by atoms with Gasteiger partial charge in [-0.25, -0.2) is 9.37 Å². The van der Waals surface area contributed by atoms with Crippen molar-refractivity contribution in [3.8, 4) is 11.1 Å². The third kappa shape index (κ3) is 5.21. The lowest BCUT2D eigenvalue weighted by Gasteiger charge is -2.35. The molecule has 10 heteroatoms. The van der Waals surface area contributed by atoms with Crippen LogP contribution in [0.5, 0.6) is 0 Å². The van der Waals surface area contributed by atoms with Crippen LogP contribution in [0.3, 0.4) is 0 Å². The minimum atomic E-state index is -0.294. The molecular formula is C27H27BrClFN6O. The molecule has 0 bridgehead atoms. The topological polar surface area (TPSA) is 66.3 Å². The van der Waals surface area contributed by atoms with E-state index < -0.39 is 0 Å². The number of rotatable bonds is 6. The van der Waals surface area contributed by atoms with Gasteiger partial charge in [0, 0.05) is 70.6 Å². The van der Waals surface area contributed by atoms with E-state index in [9.17, 15) is 4.79 Å². The molecule has 0 saturated carbocycles. The SMILES string of the molecule is CCN1CCN(c2ccc(Nc3ncc4cc(-c5ccc(Br)cc5Cl)c(=O)n(CC)c4n3)cc2F)CC1. The Morgan fingerprint density at radius 3 is 2.49 bits per heavy atom. The van der Waals surface area contributed by atoms with Crippen molar-refractivity contribution >= 4 is 55.9 Å². The van der Waals surface area contributed by atoms with E-state index in [-0.39, 0.29) is 17.3 Å². The van der Waals surface area contributed by atoms with Crippen LogP contribution in [-0.2, 0) is 6.54 Å². The molecule has 1 aliphatic rings. The fourth-order valence-electron chi connectivity index (χ4n) is 4.69. The van der Waals surface area contributed by atoms with Gasteiger partial charge in [-0.1, -0.05) is 40.5 Å². The first-order valence-corrected chi connectivity index (χ1v) is 13.4. The number of halogens is 3. The normalized spacial score (nSPS) is 14.4. The van der Waals surface area contributed by atoms with Crippen LogP contribution >= 0.6 is 27.5 Å². The van der Waals surface area contributed by atoms with Gasteiger partial charge in [0.25, 0.3) is 5.56 Å². The molecule has 37 heavy (non-hydrogen) atoms. The molecule has 0 unspecified atom stereocenters. The molecule has 0 aliphatic carbocycles. The summed E-state index contributed by atoms with van der Waals surface area (Å²) in [6, 6.07) is 12.3. The quantitative estimate of drug-likeness (QED) is 0.303. The molecule has 1 fully saturated rings. The van der Waals surface area contributed by atoms with Gasteiger partial charge < -0.3 is 15.1 Å². The minimum absolute atomic E-state index is 0.192. The molecular weight excluding hydrogens is 559 g/mol. The van der Waals surface area contributed by atoms with Gasteiger partial charge >= 0.3 is 0 Å². The van der Waals surface area contributed by atoms with Crippen LogP contribution in [0.2, 0.25) is 5.02 Å². The Morgan fingerprint density at radius 1 is 1.03 bits per heavy atom. The van der Waals surface area contributed by atoms with Crippen molar-refractivity contribution in [2.75, 3.05) is 42.9 Å². The van der Waals surface area contributed by atoms with Crippen molar-refractivity contribution < 1.29 is 4.39 Å². The molecule has 0 amide bonds. The number of pyridine rings is 1. The number of nitrogens with one attached hydrogen (secondary N) is 1. The summed E-state index contributed by atoms with van der Waals surface area (Å²) in [6.07, 6.45) is 1.66. The van der Waals surface area contributed by atoms with Gasteiger partial charge in [-0.3, -0.25) is 9.36 Å². The van der Waals surface area contributed by atoms with Crippen LogP contribution in [0.25, 0.3) is 22.2 Å². The number of benzene rings is 2. The van der Waals surface area contributed by atoms with Crippen LogP contribution in [0.1, 0.15) is 13.8 Å². The van der Waals surface area contributed by atoms with E-state index in [0.29, 0.717) is 45.1 Å². The lowest BCUT2D eigenvalue weighted by molar-refractivity contribution is 0.270. The number of fused-ring (bicyclic) bond motifs is 1. The summed E-state index contributed by atoms with van der Waals surface area (Å²) in [5.74, 6) is -0.00976. The van der Waals surface area contributed by atoms with E-state index in [4.69, 9.17) is 11.6 Å². The number of hydrogen-bond donors (Lipinski definition) is 1. The summed E-state index contributed by atoms with van der Waals surface area (Å²) in [5, 5.41) is 4.26. The highest BCUT2D eigenvalue weighted by atomic mass is 79.9. The largest absolute Gasteiger partial charge is 0.367 e. The van der Waals surface area contributed by atoms with Crippen LogP contribution in [0, 0.1) is 5.82 Å². The Morgan fingerprint density at radius 2 is 1.81 bits per heavy atom. The highest BCUT2D eigenvalue weighted by molar-refractivity contribution is 9.10. The monoisotopic (exact) mass is 584 g/mol. The molecule has 0 radical (unpaired) electrons. The second-order valence-electron chi connectivity index (χ2n) is 8.92. The highest BCUT2D eigenvalue weighted by Gasteiger charge is 2.19. The van der Waals surface area contributed by atoms with E-state index in [1.165, 1.54) is 6.07 Å². The summed E-state index contributed by atoms with van der Waals surface area (Å²) in [4.78, 5) is 26.8. The molecule has 7 nitrogen and oxygen atoms in total. The van der Waals surface area contributed by atoms with Crippen LogP contribution < -0.4 is 15.8 Å². The zero-order valence-electron chi connectivity index (χ0n) is 20.6. The fraction of sp³-hybridized carbons (Fsp3) is 0.296. The van der Waals surface area contributed by atoms with Crippen molar-refractivity contribution in [3.63, 3.8) is 0 Å². The highest BCUT2D eigenvalue weighted by Crippen LogP contribution is 2.30. The Hall–Kier alpha value is -3.01. The maximum atomic E-state index is 15.0. The summed E-state index contributed by atoms with van der Waals surface area (Å²) in [7, 11) is 0. The average molecular weight is 586 g/mol. The van der Waals surface area contributed by atoms with Crippen LogP contribution in [0.15, 0.2) is 57.9 Å². The van der Waals surface area contributed by atoms with E-state index in [1.54, 1.807) is 29.0 Å². The molecule has 1 saturated heterocycles. The van der Waals surface area contributed by atoms with Crippen molar-refractivity contribution in [2.45, 2.75) is 20.4 Å². The van der Waals surface area contributed by atoms with Crippen molar-refractivity contribution in [1.82, 2.24) is 19.4 Å². The predicted molar refractivity (Wildman–Crippen MR) is 152 cm³/mol. The summed E-state index contributed by atoms with van der Waals surface area (Å²) in [6.45, 7) is 8.91. The summed E-state index contributed by atoms with van der Waals surface area (Å²) in [5.41, 5.74) is 2.56. The van der Waals surface area contributed by atoms with Gasteiger partial charge in [0.05, 0.1) is 5.69 Å². The number of aromatic nitrogens is 3. The first kappa shape index (κ1) is 25.6. The molecule has 0 atom stereocenters. The number of aryl methyl sites for hydroxylation is 1. The van der Waals surface area contributed by atoms with Gasteiger partial charge in [0.2, 0.25) is 5.95 Å². The van der Waals surface area contributed by atoms with E-state index >= 15 is 4.39 Å². The lowest BCUT2D eigenvalue weighted by Crippen LogP contribution is -2.46. The van der Waals surface area contributed by atoms with Gasteiger partial charge in [-0.15, -0.1) is 0 Å². The van der Waals surface area contributed by atoms with Gasteiger partial charge in [-0.05, 0) is 49.9 Å². The van der Waals surface area contributed by atoms with E-state index in [1.807, 2.05) is 25.1 Å². The van der Waals surface area contributed by atoms with Crippen LogP contribution in [0.4, 0.5) is 21.7 Å². The molecule has 4 aromatic rings. The Kier molecular flexibility index (Phi) is 7.46. The Bertz CT molecular complexity index is 1520. The minimum Gasteiger partial charge on any atom is -0.367 e. The molecule has 2 aromatic heterocycles. The lowest BCUT2D eigenvalue weighted by atomic mass is 10.1. The number of nitrogens with zero attached hydrogens (tertiary/aromatic N) is 5. The maximum Gasteiger partial charge on any atom is 0.260 e. The molecule has 1 aliphatic heterocycles. The first-order chi connectivity index (χ1) is 17.9. The third-order valence-electron chi connectivity index (χ3n) is 6.73. The zero-order chi connectivity index (χ0) is 26.1. The summed E-state index contributed by atoms with van der Waals surface area (Å²) >= 11 is 9.83. The number of hydrogen-bond acceptors (Lipinski definition) is 6. The number of piperazine rings is 1. The van der Waals surface area contributed by atoms with E-state index in [2.05, 4.69) is 47.9 Å². The molecule has 1 N–H and O–H groups in total. The second kappa shape index (κ2) is 10.8. The standard InChI is InChI=1S/C27H27BrClFN6O/c1-3-34-9-11-35(12-10-34)24-8-6-19(15-23(24)30)32-27-31-16-17-13-21(20-7-5-18(28)14-22(20)29)26(37)36(4-2)25(17)33-27/h5-8,13-16H,3-4,9-12H2,1-2H3,(H,31,32,33). The predicted octanol–water partition coefficient (Wildman–Crippen LogP) is 5.92. The third-order valence-corrected chi connectivity index (χ3v) is 7.53. The molecule has 2 aromatic carbocycles. The molecule has 3 heterocycles. The van der Waals surface area contributed by atoms with Crippen molar-refractivity contribution in [3.05, 3.63) is 74.3 Å². The smallest absolute Gasteiger partial charge is 0.260 e. The second-order valence-corrected chi connectivity index (χ2v) is 10.2. The molecule has 0 spiro atoms. The number of likely N-dealkylation sites (N-methyl/N-ethyl adjacent to an activating group) is 1. The average Bonchev–Trinajstić information content (AvgIpc) is 2.89. The van der Waals surface area contributed by atoms with Crippen molar-refractivity contribution in [1.29, 1.82) is 0 Å². The first-order valence-electron chi connectivity index (χ1n) is 12.3. The van der Waals surface area contributed by atoms with Crippen molar-refractivity contribution in [2.24, 2.45) is 0 Å². The number of anilines is 3. The van der Waals surface area contributed by atoms with Crippen LogP contribution in [-0.4, -0.2) is 52.2 Å². The molecule has 5 rings (SSSR count). The zero-order valence-corrected chi connectivity index (χ0v) is 23.0. The van der Waals surface area contributed by atoms with E-state index in [0.717, 1.165) is 37.2 Å². The van der Waals surface area contributed by atoms with Gasteiger partial charge in [0.1, 0.15) is 11.5 Å². The Balaban J connectivity index is 1.43. The fourth-order valence-corrected chi connectivity index (χ4v) is 5.46. The van der Waals surface area contributed by atoms with Gasteiger partial charge in [-0.2, -0.15) is 4.98 Å². The Labute approximate surface area is 228 Å². The molecule has 192 valence electrons. The maximum absolute atomic E-state index is 15.0.